The maximum atomic E-state index is 4.23. The van der Waals surface area contributed by atoms with Crippen molar-refractivity contribution in [1.29, 1.82) is 0 Å². The SMILES string of the molecule is CC(C)NCc1cnc(N(C)C)nc1. The van der Waals surface area contributed by atoms with Gasteiger partial charge in [0.05, 0.1) is 0 Å². The van der Waals surface area contributed by atoms with Crippen LogP contribution in [0.4, 0.5) is 5.95 Å². The van der Waals surface area contributed by atoms with E-state index in [0.717, 1.165) is 18.1 Å². The van der Waals surface area contributed by atoms with Crippen molar-refractivity contribution in [2.45, 2.75) is 26.4 Å². The van der Waals surface area contributed by atoms with Gasteiger partial charge in [-0.15, -0.1) is 0 Å². The van der Waals surface area contributed by atoms with Gasteiger partial charge >= 0.3 is 0 Å². The zero-order valence-electron chi connectivity index (χ0n) is 9.28. The molecule has 0 aliphatic heterocycles. The first-order chi connectivity index (χ1) is 6.59. The fourth-order valence-corrected chi connectivity index (χ4v) is 0.992. The number of nitrogens with zero attached hydrogens (tertiary/aromatic N) is 3. The van der Waals surface area contributed by atoms with E-state index in [1.165, 1.54) is 0 Å². The van der Waals surface area contributed by atoms with Crippen LogP contribution >= 0.6 is 0 Å². The smallest absolute Gasteiger partial charge is 0.224 e. The Labute approximate surface area is 85.4 Å². The molecule has 0 unspecified atom stereocenters. The number of nitrogens with one attached hydrogen (secondary N) is 1. The predicted octanol–water partition coefficient (Wildman–Crippen LogP) is 1.04. The molecule has 1 heterocycles. The summed E-state index contributed by atoms with van der Waals surface area (Å²) in [5.41, 5.74) is 1.12. The van der Waals surface area contributed by atoms with Crippen molar-refractivity contribution in [3.63, 3.8) is 0 Å². The Morgan fingerprint density at radius 1 is 1.29 bits per heavy atom. The van der Waals surface area contributed by atoms with Gasteiger partial charge in [-0.25, -0.2) is 9.97 Å². The molecule has 0 amide bonds. The Hall–Kier alpha value is -1.16. The molecule has 14 heavy (non-hydrogen) atoms. The van der Waals surface area contributed by atoms with Crippen LogP contribution in [-0.2, 0) is 6.54 Å². The fourth-order valence-electron chi connectivity index (χ4n) is 0.992. The van der Waals surface area contributed by atoms with E-state index in [4.69, 9.17) is 0 Å². The topological polar surface area (TPSA) is 41.1 Å². The Balaban J connectivity index is 2.55. The minimum atomic E-state index is 0.489. The van der Waals surface area contributed by atoms with E-state index in [9.17, 15) is 0 Å². The zero-order valence-corrected chi connectivity index (χ0v) is 9.28. The largest absolute Gasteiger partial charge is 0.347 e. The molecule has 0 spiro atoms. The standard InChI is InChI=1S/C10H18N4/c1-8(2)11-5-9-6-12-10(13-7-9)14(3)4/h6-8,11H,5H2,1-4H3. The van der Waals surface area contributed by atoms with Crippen molar-refractivity contribution in [1.82, 2.24) is 15.3 Å². The van der Waals surface area contributed by atoms with E-state index in [1.54, 1.807) is 0 Å². The van der Waals surface area contributed by atoms with E-state index in [2.05, 4.69) is 29.1 Å². The lowest BCUT2D eigenvalue weighted by Gasteiger charge is -2.11. The van der Waals surface area contributed by atoms with Gasteiger partial charge in [-0.1, -0.05) is 13.8 Å². The molecule has 0 fully saturated rings. The molecule has 1 aromatic rings. The minimum Gasteiger partial charge on any atom is -0.347 e. The quantitative estimate of drug-likeness (QED) is 0.777. The summed E-state index contributed by atoms with van der Waals surface area (Å²) in [6.45, 7) is 5.06. The summed E-state index contributed by atoms with van der Waals surface area (Å²) < 4.78 is 0. The van der Waals surface area contributed by atoms with Gasteiger partial charge in [0.1, 0.15) is 0 Å². The van der Waals surface area contributed by atoms with Crippen LogP contribution in [-0.4, -0.2) is 30.1 Å². The lowest BCUT2D eigenvalue weighted by Crippen LogP contribution is -2.22. The number of rotatable bonds is 4. The molecule has 0 saturated carbocycles. The second kappa shape index (κ2) is 4.91. The maximum absolute atomic E-state index is 4.23. The maximum Gasteiger partial charge on any atom is 0.224 e. The summed E-state index contributed by atoms with van der Waals surface area (Å²) in [5, 5.41) is 3.32. The van der Waals surface area contributed by atoms with Crippen molar-refractivity contribution in [2.24, 2.45) is 0 Å². The number of hydrogen-bond donors (Lipinski definition) is 1. The fraction of sp³-hybridized carbons (Fsp3) is 0.600. The highest BCUT2D eigenvalue weighted by atomic mass is 15.2. The van der Waals surface area contributed by atoms with Crippen molar-refractivity contribution in [3.8, 4) is 0 Å². The zero-order chi connectivity index (χ0) is 10.6. The summed E-state index contributed by atoms with van der Waals surface area (Å²) >= 11 is 0. The first-order valence-electron chi connectivity index (χ1n) is 4.81. The van der Waals surface area contributed by atoms with Gasteiger partial charge in [0, 0.05) is 44.6 Å². The van der Waals surface area contributed by atoms with Gasteiger partial charge in [-0.2, -0.15) is 0 Å². The normalized spacial score (nSPS) is 10.6. The highest BCUT2D eigenvalue weighted by Crippen LogP contribution is 2.02. The minimum absolute atomic E-state index is 0.489. The van der Waals surface area contributed by atoms with Crippen LogP contribution in [0, 0.1) is 0 Å². The number of aromatic nitrogens is 2. The molecule has 0 atom stereocenters. The molecule has 0 bridgehead atoms. The first-order valence-corrected chi connectivity index (χ1v) is 4.81. The van der Waals surface area contributed by atoms with Crippen LogP contribution in [0.15, 0.2) is 12.4 Å². The third kappa shape index (κ3) is 3.30. The molecule has 0 radical (unpaired) electrons. The Bertz CT molecular complexity index is 266. The van der Waals surface area contributed by atoms with Crippen LogP contribution in [0.2, 0.25) is 0 Å². The van der Waals surface area contributed by atoms with Crippen LogP contribution in [0.1, 0.15) is 19.4 Å². The second-order valence-electron chi connectivity index (χ2n) is 3.82. The van der Waals surface area contributed by atoms with E-state index < -0.39 is 0 Å². The molecule has 4 nitrogen and oxygen atoms in total. The molecule has 1 N–H and O–H groups in total. The summed E-state index contributed by atoms with van der Waals surface area (Å²) in [4.78, 5) is 10.4. The van der Waals surface area contributed by atoms with Gasteiger partial charge < -0.3 is 10.2 Å². The van der Waals surface area contributed by atoms with E-state index >= 15 is 0 Å². The molecule has 0 aliphatic carbocycles. The summed E-state index contributed by atoms with van der Waals surface area (Å²) in [5.74, 6) is 0.748. The Morgan fingerprint density at radius 2 is 1.86 bits per heavy atom. The third-order valence-corrected chi connectivity index (χ3v) is 1.81. The lowest BCUT2D eigenvalue weighted by molar-refractivity contribution is 0.587. The molecule has 1 aromatic heterocycles. The van der Waals surface area contributed by atoms with Crippen molar-refractivity contribution >= 4 is 5.95 Å². The number of hydrogen-bond acceptors (Lipinski definition) is 4. The summed E-state index contributed by atoms with van der Waals surface area (Å²) in [6, 6.07) is 0.489. The predicted molar refractivity (Wildman–Crippen MR) is 58.3 cm³/mol. The average Bonchev–Trinajstić information content (AvgIpc) is 2.15. The first kappa shape index (κ1) is 10.9. The van der Waals surface area contributed by atoms with E-state index in [0.29, 0.717) is 6.04 Å². The van der Waals surface area contributed by atoms with Crippen LogP contribution < -0.4 is 10.2 Å². The molecule has 0 aromatic carbocycles. The third-order valence-electron chi connectivity index (χ3n) is 1.81. The Morgan fingerprint density at radius 3 is 2.29 bits per heavy atom. The molecule has 78 valence electrons. The van der Waals surface area contributed by atoms with Crippen molar-refractivity contribution in [2.75, 3.05) is 19.0 Å². The van der Waals surface area contributed by atoms with Crippen molar-refractivity contribution in [3.05, 3.63) is 18.0 Å². The number of anilines is 1. The van der Waals surface area contributed by atoms with E-state index in [-0.39, 0.29) is 0 Å². The van der Waals surface area contributed by atoms with Gasteiger partial charge in [0.15, 0.2) is 0 Å². The van der Waals surface area contributed by atoms with Crippen LogP contribution in [0.5, 0.6) is 0 Å². The monoisotopic (exact) mass is 194 g/mol. The second-order valence-corrected chi connectivity index (χ2v) is 3.82. The average molecular weight is 194 g/mol. The molecular weight excluding hydrogens is 176 g/mol. The van der Waals surface area contributed by atoms with E-state index in [1.807, 2.05) is 31.4 Å². The highest BCUT2D eigenvalue weighted by Gasteiger charge is 1.99. The molecule has 0 aliphatic rings. The van der Waals surface area contributed by atoms with Gasteiger partial charge in [-0.05, 0) is 0 Å². The molecule has 0 saturated heterocycles. The lowest BCUT2D eigenvalue weighted by atomic mass is 10.3. The van der Waals surface area contributed by atoms with Crippen LogP contribution in [0.25, 0.3) is 0 Å². The molecule has 4 heteroatoms. The van der Waals surface area contributed by atoms with Gasteiger partial charge in [0.25, 0.3) is 0 Å². The van der Waals surface area contributed by atoms with Crippen molar-refractivity contribution < 1.29 is 0 Å². The molecular formula is C10H18N4. The summed E-state index contributed by atoms with van der Waals surface area (Å²) in [7, 11) is 3.86. The molecule has 1 rings (SSSR count). The van der Waals surface area contributed by atoms with Crippen LogP contribution in [0.3, 0.4) is 0 Å². The van der Waals surface area contributed by atoms with Gasteiger partial charge in [-0.3, -0.25) is 0 Å². The highest BCUT2D eigenvalue weighted by molar-refractivity contribution is 5.26. The van der Waals surface area contributed by atoms with Gasteiger partial charge in [0.2, 0.25) is 5.95 Å². The summed E-state index contributed by atoms with van der Waals surface area (Å²) in [6.07, 6.45) is 3.72. The Kier molecular flexibility index (Phi) is 3.83.